The summed E-state index contributed by atoms with van der Waals surface area (Å²) in [6, 6.07) is 0. The van der Waals surface area contributed by atoms with Gasteiger partial charge in [-0.1, -0.05) is 0 Å². The van der Waals surface area contributed by atoms with Gasteiger partial charge < -0.3 is 10.2 Å². The highest BCUT2D eigenvalue weighted by Gasteiger charge is 2.28. The summed E-state index contributed by atoms with van der Waals surface area (Å²) in [5.74, 6) is 0.787. The lowest BCUT2D eigenvalue weighted by Crippen LogP contribution is -2.39. The van der Waals surface area contributed by atoms with Crippen LogP contribution in [-0.4, -0.2) is 54.9 Å². The Labute approximate surface area is 185 Å². The highest BCUT2D eigenvalue weighted by molar-refractivity contribution is 14.0. The normalized spacial score (nSPS) is 15.1. The van der Waals surface area contributed by atoms with Crippen LogP contribution in [0, 0.1) is 0 Å². The Morgan fingerprint density at radius 1 is 1.30 bits per heavy atom. The van der Waals surface area contributed by atoms with Crippen molar-refractivity contribution >= 4 is 51.1 Å². The Morgan fingerprint density at radius 2 is 1.96 bits per heavy atom. The van der Waals surface area contributed by atoms with Gasteiger partial charge in [-0.05, 0) is 53.4 Å². The van der Waals surface area contributed by atoms with Gasteiger partial charge in [-0.15, -0.1) is 35.3 Å². The van der Waals surface area contributed by atoms with Crippen LogP contribution in [-0.2, 0) is 29.2 Å². The van der Waals surface area contributed by atoms with Gasteiger partial charge in [0.1, 0.15) is 5.01 Å². The van der Waals surface area contributed by atoms with E-state index in [0.717, 1.165) is 30.4 Å². The van der Waals surface area contributed by atoms with Gasteiger partial charge in [0.25, 0.3) is 0 Å². The average Bonchev–Trinajstić information content (AvgIpc) is 2.95. The largest absolute Gasteiger partial charge is 0.357 e. The van der Waals surface area contributed by atoms with Gasteiger partial charge >= 0.3 is 0 Å². The van der Waals surface area contributed by atoms with Crippen LogP contribution in [0.1, 0.15) is 56.1 Å². The summed E-state index contributed by atoms with van der Waals surface area (Å²) in [7, 11) is -1.19. The Hall–Kier alpha value is -0.420. The van der Waals surface area contributed by atoms with Crippen LogP contribution in [0.25, 0.3) is 0 Å². The van der Waals surface area contributed by atoms with Crippen molar-refractivity contribution in [2.45, 2.75) is 64.7 Å². The van der Waals surface area contributed by atoms with Crippen LogP contribution in [0.5, 0.6) is 0 Å². The molecule has 0 saturated carbocycles. The van der Waals surface area contributed by atoms with Gasteiger partial charge in [0.05, 0.1) is 29.3 Å². The van der Waals surface area contributed by atoms with E-state index in [2.05, 4.69) is 10.3 Å². The van der Waals surface area contributed by atoms with Gasteiger partial charge in [-0.25, -0.2) is 13.4 Å². The van der Waals surface area contributed by atoms with E-state index in [0.29, 0.717) is 6.54 Å². The predicted octanol–water partition coefficient (Wildman–Crippen LogP) is 3.25. The first-order chi connectivity index (χ1) is 12.1. The molecule has 1 aliphatic carbocycles. The van der Waals surface area contributed by atoms with Crippen LogP contribution in [0.4, 0.5) is 0 Å². The molecule has 0 bridgehead atoms. The number of guanidine groups is 1. The summed E-state index contributed by atoms with van der Waals surface area (Å²) in [6.07, 6.45) is 4.74. The Balaban J connectivity index is 0.00000364. The molecule has 0 radical (unpaired) electrons. The van der Waals surface area contributed by atoms with Crippen molar-refractivity contribution in [1.29, 1.82) is 0 Å². The fourth-order valence-electron chi connectivity index (χ4n) is 2.80. The number of halogens is 1. The zero-order valence-electron chi connectivity index (χ0n) is 17.0. The summed E-state index contributed by atoms with van der Waals surface area (Å²) in [6.45, 7) is 8.89. The lowest BCUT2D eigenvalue weighted by Gasteiger charge is -2.22. The van der Waals surface area contributed by atoms with Crippen molar-refractivity contribution < 1.29 is 8.42 Å². The van der Waals surface area contributed by atoms with E-state index in [1.807, 2.05) is 18.9 Å². The van der Waals surface area contributed by atoms with E-state index >= 15 is 0 Å². The average molecular weight is 529 g/mol. The number of aliphatic imine (C=N–C) groups is 1. The molecule has 2 rings (SSSR count). The zero-order chi connectivity index (χ0) is 19.4. The van der Waals surface area contributed by atoms with E-state index in [1.54, 1.807) is 32.1 Å². The highest BCUT2D eigenvalue weighted by Crippen LogP contribution is 2.27. The number of hydrogen-bond donors (Lipinski definition) is 1. The quantitative estimate of drug-likeness (QED) is 0.349. The minimum Gasteiger partial charge on any atom is -0.357 e. The lowest BCUT2D eigenvalue weighted by atomic mass is 10.0. The summed E-state index contributed by atoms with van der Waals surface area (Å²) in [4.78, 5) is 12.8. The van der Waals surface area contributed by atoms with E-state index < -0.39 is 14.6 Å². The van der Waals surface area contributed by atoms with E-state index in [1.165, 1.54) is 23.4 Å². The standard InChI is InChI=1S/C18H32N4O2S2.HI/c1-6-19-17(20-11-12-26(23,24)18(2,3)4)22(5)13-16-21-14-9-7-8-10-15(14)25-16;/h6-13H2,1-5H3,(H,19,20);1H. The van der Waals surface area contributed by atoms with E-state index in [4.69, 9.17) is 4.98 Å². The molecule has 0 atom stereocenters. The maximum absolute atomic E-state index is 12.3. The maximum Gasteiger partial charge on any atom is 0.194 e. The second-order valence-corrected chi connectivity index (χ2v) is 11.7. The Bertz CT molecular complexity index is 716. The molecule has 1 aliphatic rings. The van der Waals surface area contributed by atoms with Crippen LogP contribution >= 0.6 is 35.3 Å². The number of fused-ring (bicyclic) bond motifs is 1. The van der Waals surface area contributed by atoms with Crippen LogP contribution < -0.4 is 5.32 Å². The third-order valence-corrected chi connectivity index (χ3v) is 8.24. The van der Waals surface area contributed by atoms with Crippen LogP contribution in [0.2, 0.25) is 0 Å². The molecule has 0 saturated heterocycles. The van der Waals surface area contributed by atoms with Crippen molar-refractivity contribution in [2.24, 2.45) is 4.99 Å². The third kappa shape index (κ3) is 6.85. The van der Waals surface area contributed by atoms with E-state index in [-0.39, 0.29) is 36.3 Å². The summed E-state index contributed by atoms with van der Waals surface area (Å²) in [5.41, 5.74) is 1.27. The monoisotopic (exact) mass is 528 g/mol. The minimum absolute atomic E-state index is 0. The molecule has 1 aromatic heterocycles. The first-order valence-electron chi connectivity index (χ1n) is 9.33. The number of sulfone groups is 1. The molecular formula is C18H33IN4O2S2. The first-order valence-corrected chi connectivity index (χ1v) is 11.8. The van der Waals surface area contributed by atoms with Crippen LogP contribution in [0.15, 0.2) is 4.99 Å². The minimum atomic E-state index is -3.16. The number of aromatic nitrogens is 1. The summed E-state index contributed by atoms with van der Waals surface area (Å²) >= 11 is 1.80. The van der Waals surface area contributed by atoms with Crippen LogP contribution in [0.3, 0.4) is 0 Å². The smallest absolute Gasteiger partial charge is 0.194 e. The Kier molecular flexibility index (Phi) is 9.47. The van der Waals surface area contributed by atoms with Gasteiger partial charge in [-0.2, -0.15) is 0 Å². The molecule has 1 N–H and O–H groups in total. The van der Waals surface area contributed by atoms with Gasteiger partial charge in [0.15, 0.2) is 15.8 Å². The molecule has 0 amide bonds. The van der Waals surface area contributed by atoms with Crippen molar-refractivity contribution in [3.63, 3.8) is 0 Å². The molecule has 0 aliphatic heterocycles. The second-order valence-electron chi connectivity index (χ2n) is 7.71. The first kappa shape index (κ1) is 24.6. The molecule has 0 aromatic carbocycles. The SMILES string of the molecule is CCNC(=NCCS(=O)(=O)C(C)(C)C)N(C)Cc1nc2c(s1)CCCC2.I. The zero-order valence-corrected chi connectivity index (χ0v) is 21.0. The van der Waals surface area contributed by atoms with Gasteiger partial charge in [0.2, 0.25) is 0 Å². The fourth-order valence-corrected chi connectivity index (χ4v) is 4.95. The number of aryl methyl sites for hydroxylation is 2. The number of rotatable bonds is 6. The predicted molar refractivity (Wildman–Crippen MR) is 125 cm³/mol. The molecule has 9 heteroatoms. The van der Waals surface area contributed by atoms with Gasteiger partial charge in [-0.3, -0.25) is 4.99 Å². The van der Waals surface area contributed by atoms with Crippen molar-refractivity contribution in [3.05, 3.63) is 15.6 Å². The molecule has 0 fully saturated rings. The van der Waals surface area contributed by atoms with Crippen molar-refractivity contribution in [1.82, 2.24) is 15.2 Å². The molecular weight excluding hydrogens is 495 g/mol. The third-order valence-electron chi connectivity index (χ3n) is 4.51. The van der Waals surface area contributed by atoms with Crippen molar-refractivity contribution in [3.8, 4) is 0 Å². The fraction of sp³-hybridized carbons (Fsp3) is 0.778. The highest BCUT2D eigenvalue weighted by atomic mass is 127. The lowest BCUT2D eigenvalue weighted by molar-refractivity contribution is 0.475. The Morgan fingerprint density at radius 3 is 2.56 bits per heavy atom. The van der Waals surface area contributed by atoms with Gasteiger partial charge in [0, 0.05) is 18.5 Å². The molecule has 27 heavy (non-hydrogen) atoms. The molecule has 6 nitrogen and oxygen atoms in total. The topological polar surface area (TPSA) is 74.7 Å². The van der Waals surface area contributed by atoms with Crippen molar-refractivity contribution in [2.75, 3.05) is 25.9 Å². The maximum atomic E-state index is 12.3. The number of thiazole rings is 1. The number of hydrogen-bond acceptors (Lipinski definition) is 5. The molecule has 0 spiro atoms. The summed E-state index contributed by atoms with van der Waals surface area (Å²) < 4.78 is 23.8. The summed E-state index contributed by atoms with van der Waals surface area (Å²) in [5, 5.41) is 4.35. The van der Waals surface area contributed by atoms with E-state index in [9.17, 15) is 8.42 Å². The second kappa shape index (κ2) is 10.4. The number of nitrogens with zero attached hydrogens (tertiary/aromatic N) is 3. The molecule has 156 valence electrons. The molecule has 0 unspecified atom stereocenters. The number of nitrogens with one attached hydrogen (secondary N) is 1. The molecule has 1 heterocycles. The molecule has 1 aromatic rings.